The number of thioether (sulfide) groups is 1. The summed E-state index contributed by atoms with van der Waals surface area (Å²) in [5.41, 5.74) is -1.88. The highest BCUT2D eigenvalue weighted by Crippen LogP contribution is 2.49. The van der Waals surface area contributed by atoms with Gasteiger partial charge in [0.15, 0.2) is 0 Å². The van der Waals surface area contributed by atoms with E-state index in [2.05, 4.69) is 4.52 Å². The van der Waals surface area contributed by atoms with Gasteiger partial charge in [-0.3, -0.25) is 19.2 Å². The average Bonchev–Trinajstić information content (AvgIpc) is 2.32. The average molecular weight is 397 g/mol. The molecule has 0 saturated heterocycles. The first-order chi connectivity index (χ1) is 10.2. The third-order valence-electron chi connectivity index (χ3n) is 2.07. The molecule has 0 saturated carbocycles. The highest BCUT2D eigenvalue weighted by Gasteiger charge is 2.43. The van der Waals surface area contributed by atoms with Gasteiger partial charge in [-0.05, 0) is 12.1 Å². The van der Waals surface area contributed by atoms with Crippen molar-refractivity contribution in [1.29, 1.82) is 0 Å². The van der Waals surface area contributed by atoms with Crippen molar-refractivity contribution in [1.82, 2.24) is 0 Å². The van der Waals surface area contributed by atoms with E-state index >= 15 is 0 Å². The van der Waals surface area contributed by atoms with Gasteiger partial charge in [0, 0.05) is 11.0 Å². The summed E-state index contributed by atoms with van der Waals surface area (Å²) in [5.74, 6) is 0. The number of nitro groups is 1. The number of rotatable bonds is 6. The monoisotopic (exact) mass is 397 g/mol. The van der Waals surface area contributed by atoms with Gasteiger partial charge in [0.2, 0.25) is 0 Å². The number of halogens is 3. The van der Waals surface area contributed by atoms with Crippen molar-refractivity contribution >= 4 is 37.9 Å². The van der Waals surface area contributed by atoms with Crippen LogP contribution < -0.4 is 5.30 Å². The first kappa shape index (κ1) is 20.1. The molecule has 15 heteroatoms. The maximum atomic E-state index is 12.1. The predicted octanol–water partition coefficient (Wildman–Crippen LogP) is 2.17. The van der Waals surface area contributed by atoms with Gasteiger partial charge in [-0.2, -0.15) is 0 Å². The summed E-state index contributed by atoms with van der Waals surface area (Å²) in [7, 11) is -9.99. The second kappa shape index (κ2) is 6.89. The first-order valence-corrected chi connectivity index (χ1v) is 9.64. The molecule has 130 valence electrons. The van der Waals surface area contributed by atoms with E-state index < -0.39 is 43.0 Å². The zero-order chi connectivity index (χ0) is 18.1. The maximum absolute atomic E-state index is 12.1. The molecule has 0 aliphatic heterocycles. The minimum atomic E-state index is -5.56. The van der Waals surface area contributed by atoms with Gasteiger partial charge in [-0.1, -0.05) is 0 Å². The van der Waals surface area contributed by atoms with Gasteiger partial charge in [0.1, 0.15) is 10.8 Å². The molecule has 1 atom stereocenters. The second-order valence-corrected chi connectivity index (χ2v) is 8.73. The quantitative estimate of drug-likeness (QED) is 0.284. The zero-order valence-corrected chi connectivity index (χ0v) is 13.3. The molecule has 3 N–H and O–H groups in total. The molecule has 1 aromatic rings. The first-order valence-electron chi connectivity index (χ1n) is 5.28. The van der Waals surface area contributed by atoms with Crippen molar-refractivity contribution in [3.8, 4) is 0 Å². The summed E-state index contributed by atoms with van der Waals surface area (Å²) in [6.07, 6.45) is -5.49. The topological polar surface area (TPSA) is 147 Å². The molecule has 1 rings (SSSR count). The highest BCUT2D eigenvalue weighted by atomic mass is 32.2. The smallest absolute Gasteiger partial charge is 0.324 e. The third-order valence-corrected chi connectivity index (χ3v) is 5.97. The van der Waals surface area contributed by atoms with E-state index in [1.807, 2.05) is 0 Å². The molecule has 0 spiro atoms. The molecule has 0 amide bonds. The van der Waals surface area contributed by atoms with Crippen LogP contribution >= 0.6 is 27.0 Å². The molecular weight excluding hydrogens is 389 g/mol. The minimum Gasteiger partial charge on any atom is -0.324 e. The Hall–Kier alpha value is -0.940. The zero-order valence-electron chi connectivity index (χ0n) is 10.7. The van der Waals surface area contributed by atoms with E-state index in [0.717, 1.165) is 6.07 Å². The molecule has 1 unspecified atom stereocenters. The normalized spacial score (nSPS) is 15.2. The Bertz CT molecular complexity index is 705. The van der Waals surface area contributed by atoms with Gasteiger partial charge in [0.25, 0.3) is 5.69 Å². The Balaban J connectivity index is 3.22. The van der Waals surface area contributed by atoms with E-state index in [9.17, 15) is 37.3 Å². The van der Waals surface area contributed by atoms with Crippen LogP contribution in [0.15, 0.2) is 23.1 Å². The standard InChI is InChI=1S/C8H8F3NO8P2S/c9-8(10,11)20-22(18,19)7-2-1-5(3-6(7)12(13)14)23-4-21(15,16)17/h1-3H,4H2,(H,18,19)(H2,15,16,17). The summed E-state index contributed by atoms with van der Waals surface area (Å²) < 4.78 is 61.6. The molecule has 0 radical (unpaired) electrons. The molecule has 1 aromatic carbocycles. The van der Waals surface area contributed by atoms with Crippen LogP contribution in [0.5, 0.6) is 0 Å². The van der Waals surface area contributed by atoms with Crippen LogP contribution in [0, 0.1) is 10.1 Å². The predicted molar refractivity (Wildman–Crippen MR) is 72.5 cm³/mol. The molecule has 0 aliphatic carbocycles. The fraction of sp³-hybridized carbons (Fsp3) is 0.250. The lowest BCUT2D eigenvalue weighted by Crippen LogP contribution is -2.19. The molecule has 0 fully saturated rings. The lowest BCUT2D eigenvalue weighted by molar-refractivity contribution is -0.383. The fourth-order valence-electron chi connectivity index (χ4n) is 1.33. The Morgan fingerprint density at radius 3 is 2.26 bits per heavy atom. The number of alkyl halides is 3. The molecular formula is C8H8F3NO8P2S. The molecule has 0 aliphatic rings. The number of hydrogen-bond acceptors (Lipinski definition) is 6. The Labute approximate surface area is 130 Å². The summed E-state index contributed by atoms with van der Waals surface area (Å²) in [6, 6.07) is 2.09. The number of nitrogens with zero attached hydrogens (tertiary/aromatic N) is 1. The number of nitro benzene ring substituents is 1. The van der Waals surface area contributed by atoms with Gasteiger partial charge in [0.05, 0.1) is 4.92 Å². The van der Waals surface area contributed by atoms with Crippen LogP contribution in [0.2, 0.25) is 0 Å². The molecule has 23 heavy (non-hydrogen) atoms. The lowest BCUT2D eigenvalue weighted by atomic mass is 10.3. The van der Waals surface area contributed by atoms with Gasteiger partial charge < -0.3 is 14.7 Å². The van der Waals surface area contributed by atoms with E-state index in [4.69, 9.17) is 9.79 Å². The van der Waals surface area contributed by atoms with Crippen LogP contribution in [0.4, 0.5) is 18.9 Å². The van der Waals surface area contributed by atoms with Crippen molar-refractivity contribution in [3.05, 3.63) is 28.3 Å². The van der Waals surface area contributed by atoms with E-state index in [-0.39, 0.29) is 4.90 Å². The van der Waals surface area contributed by atoms with Crippen LogP contribution in [0.3, 0.4) is 0 Å². The summed E-state index contributed by atoms with van der Waals surface area (Å²) in [6.45, 7) is 0. The summed E-state index contributed by atoms with van der Waals surface area (Å²) in [4.78, 5) is 36.2. The fourth-order valence-corrected chi connectivity index (χ4v) is 4.03. The van der Waals surface area contributed by atoms with Crippen LogP contribution in [-0.2, 0) is 13.7 Å². The molecule has 0 aromatic heterocycles. The Kier molecular flexibility index (Phi) is 6.03. The Morgan fingerprint density at radius 2 is 1.83 bits per heavy atom. The number of benzene rings is 1. The van der Waals surface area contributed by atoms with Crippen molar-refractivity contribution in [2.24, 2.45) is 0 Å². The van der Waals surface area contributed by atoms with Gasteiger partial charge >= 0.3 is 21.6 Å². The Morgan fingerprint density at radius 1 is 1.26 bits per heavy atom. The summed E-state index contributed by atoms with van der Waals surface area (Å²) in [5, 5.41) is 9.67. The van der Waals surface area contributed by atoms with E-state index in [1.165, 1.54) is 0 Å². The largest absolute Gasteiger partial charge is 0.529 e. The number of hydrogen-bond donors (Lipinski definition) is 3. The van der Waals surface area contributed by atoms with E-state index in [1.54, 1.807) is 0 Å². The van der Waals surface area contributed by atoms with Gasteiger partial charge in [-0.15, -0.1) is 24.9 Å². The SMILES string of the molecule is O=[N+]([O-])c1cc(SCP(=O)(O)O)ccc1P(=O)(O)OC(F)(F)F. The molecule has 0 heterocycles. The minimum absolute atomic E-state index is 0.0872. The van der Waals surface area contributed by atoms with Crippen molar-refractivity contribution < 1.29 is 46.4 Å². The second-order valence-electron chi connectivity index (χ2n) is 3.90. The van der Waals surface area contributed by atoms with Crippen molar-refractivity contribution in [2.75, 3.05) is 5.49 Å². The van der Waals surface area contributed by atoms with Crippen LogP contribution in [-0.4, -0.2) is 31.5 Å². The van der Waals surface area contributed by atoms with Crippen molar-refractivity contribution in [2.45, 2.75) is 11.3 Å². The van der Waals surface area contributed by atoms with Gasteiger partial charge in [-0.25, -0.2) is 4.52 Å². The maximum Gasteiger partial charge on any atom is 0.529 e. The lowest BCUT2D eigenvalue weighted by Gasteiger charge is -2.14. The highest BCUT2D eigenvalue weighted by molar-refractivity contribution is 8.04. The van der Waals surface area contributed by atoms with E-state index in [0.29, 0.717) is 23.9 Å². The van der Waals surface area contributed by atoms with Crippen molar-refractivity contribution in [3.63, 3.8) is 0 Å². The summed E-state index contributed by atoms with van der Waals surface area (Å²) >= 11 is 0.489. The third kappa shape index (κ3) is 6.60. The van der Waals surface area contributed by atoms with Crippen LogP contribution in [0.1, 0.15) is 0 Å². The van der Waals surface area contributed by atoms with Crippen LogP contribution in [0.25, 0.3) is 0 Å². The molecule has 0 bridgehead atoms. The molecule has 9 nitrogen and oxygen atoms in total.